The Morgan fingerprint density at radius 3 is 2.24 bits per heavy atom. The molecular formula is C15H30N2. The molecule has 0 atom stereocenters. The highest BCUT2D eigenvalue weighted by Gasteiger charge is 2.22. The molecule has 1 saturated carbocycles. The highest BCUT2D eigenvalue weighted by molar-refractivity contribution is 4.80. The molecule has 1 saturated heterocycles. The van der Waals surface area contributed by atoms with Crippen molar-refractivity contribution in [3.63, 3.8) is 0 Å². The van der Waals surface area contributed by atoms with E-state index in [-0.39, 0.29) is 0 Å². The summed E-state index contributed by atoms with van der Waals surface area (Å²) < 4.78 is 0. The van der Waals surface area contributed by atoms with Crippen LogP contribution in [0.5, 0.6) is 0 Å². The van der Waals surface area contributed by atoms with Crippen LogP contribution < -0.4 is 5.32 Å². The second kappa shape index (κ2) is 6.75. The Labute approximate surface area is 107 Å². The first kappa shape index (κ1) is 13.4. The molecule has 0 aromatic carbocycles. The molecule has 0 bridgehead atoms. The Morgan fingerprint density at radius 1 is 1.00 bits per heavy atom. The highest BCUT2D eigenvalue weighted by atomic mass is 15.1. The van der Waals surface area contributed by atoms with Crippen LogP contribution in [-0.2, 0) is 0 Å². The summed E-state index contributed by atoms with van der Waals surface area (Å²) in [6.07, 6.45) is 10.1. The fourth-order valence-corrected chi connectivity index (χ4v) is 3.49. The molecular weight excluding hydrogens is 208 g/mol. The lowest BCUT2D eigenvalue weighted by Gasteiger charge is -2.36. The quantitative estimate of drug-likeness (QED) is 0.810. The predicted molar refractivity (Wildman–Crippen MR) is 74.3 cm³/mol. The summed E-state index contributed by atoms with van der Waals surface area (Å²) in [5.41, 5.74) is 0. The fraction of sp³-hybridized carbons (Fsp3) is 1.00. The molecule has 100 valence electrons. The van der Waals surface area contributed by atoms with E-state index in [4.69, 9.17) is 0 Å². The summed E-state index contributed by atoms with van der Waals surface area (Å²) in [5, 5.41) is 3.68. The van der Waals surface area contributed by atoms with Crippen molar-refractivity contribution in [2.45, 2.75) is 70.9 Å². The van der Waals surface area contributed by atoms with Crippen LogP contribution in [0.1, 0.15) is 58.8 Å². The van der Waals surface area contributed by atoms with Crippen molar-refractivity contribution in [3.8, 4) is 0 Å². The number of nitrogens with zero attached hydrogens (tertiary/aromatic N) is 1. The molecule has 0 aromatic heterocycles. The van der Waals surface area contributed by atoms with Gasteiger partial charge in [0.2, 0.25) is 0 Å². The molecule has 2 heteroatoms. The molecule has 2 nitrogen and oxygen atoms in total. The summed E-state index contributed by atoms with van der Waals surface area (Å²) >= 11 is 0. The minimum Gasteiger partial charge on any atom is -0.312 e. The first-order valence-corrected chi connectivity index (χ1v) is 7.72. The molecule has 1 heterocycles. The van der Waals surface area contributed by atoms with Crippen molar-refractivity contribution < 1.29 is 0 Å². The van der Waals surface area contributed by atoms with Crippen molar-refractivity contribution in [1.29, 1.82) is 0 Å². The Balaban J connectivity index is 1.64. The van der Waals surface area contributed by atoms with Crippen molar-refractivity contribution >= 4 is 0 Å². The van der Waals surface area contributed by atoms with E-state index in [9.17, 15) is 0 Å². The Bertz CT molecular complexity index is 201. The number of hydrogen-bond acceptors (Lipinski definition) is 2. The number of rotatable bonds is 4. The van der Waals surface area contributed by atoms with Gasteiger partial charge in [-0.25, -0.2) is 0 Å². The van der Waals surface area contributed by atoms with Gasteiger partial charge in [0.25, 0.3) is 0 Å². The third-order valence-electron chi connectivity index (χ3n) is 4.40. The highest BCUT2D eigenvalue weighted by Crippen LogP contribution is 2.25. The number of piperidine rings is 1. The first-order chi connectivity index (χ1) is 8.24. The lowest BCUT2D eigenvalue weighted by atomic mass is 9.88. The van der Waals surface area contributed by atoms with Crippen LogP contribution >= 0.6 is 0 Å². The zero-order valence-corrected chi connectivity index (χ0v) is 11.8. The normalized spacial score (nSPS) is 25.6. The van der Waals surface area contributed by atoms with Gasteiger partial charge < -0.3 is 10.2 Å². The third-order valence-corrected chi connectivity index (χ3v) is 4.40. The van der Waals surface area contributed by atoms with Crippen molar-refractivity contribution in [2.24, 2.45) is 5.92 Å². The molecule has 0 amide bonds. The van der Waals surface area contributed by atoms with Crippen LogP contribution in [0.2, 0.25) is 0 Å². The van der Waals surface area contributed by atoms with E-state index < -0.39 is 0 Å². The Morgan fingerprint density at radius 2 is 1.65 bits per heavy atom. The van der Waals surface area contributed by atoms with Crippen molar-refractivity contribution in [3.05, 3.63) is 0 Å². The molecule has 0 aromatic rings. The molecule has 0 unspecified atom stereocenters. The fourth-order valence-electron chi connectivity index (χ4n) is 3.49. The average molecular weight is 238 g/mol. The molecule has 2 fully saturated rings. The van der Waals surface area contributed by atoms with Crippen LogP contribution in [0.4, 0.5) is 0 Å². The maximum absolute atomic E-state index is 3.68. The van der Waals surface area contributed by atoms with E-state index in [1.165, 1.54) is 64.6 Å². The summed E-state index contributed by atoms with van der Waals surface area (Å²) in [7, 11) is 0. The van der Waals surface area contributed by atoms with Gasteiger partial charge in [-0.1, -0.05) is 33.1 Å². The van der Waals surface area contributed by atoms with Crippen LogP contribution in [0.3, 0.4) is 0 Å². The largest absolute Gasteiger partial charge is 0.312 e. The molecule has 0 spiro atoms. The molecule has 0 radical (unpaired) electrons. The van der Waals surface area contributed by atoms with Crippen LogP contribution in [0.15, 0.2) is 0 Å². The summed E-state index contributed by atoms with van der Waals surface area (Å²) in [5.74, 6) is 1.01. The molecule has 2 rings (SSSR count). The second-order valence-corrected chi connectivity index (χ2v) is 6.40. The van der Waals surface area contributed by atoms with E-state index in [2.05, 4.69) is 24.1 Å². The molecule has 1 aliphatic carbocycles. The minimum atomic E-state index is 0.643. The van der Waals surface area contributed by atoms with Gasteiger partial charge in [0, 0.05) is 18.6 Å². The Hall–Kier alpha value is -0.0800. The summed E-state index contributed by atoms with van der Waals surface area (Å²) in [4.78, 5) is 2.72. The third kappa shape index (κ3) is 4.59. The van der Waals surface area contributed by atoms with Gasteiger partial charge in [0.05, 0.1) is 0 Å². The topological polar surface area (TPSA) is 15.3 Å². The molecule has 17 heavy (non-hydrogen) atoms. The van der Waals surface area contributed by atoms with Gasteiger partial charge in [-0.15, -0.1) is 0 Å². The standard InChI is InChI=1S/C15H30N2/c1-13(2)16-15-8-10-17(11-9-15)12-14-6-4-3-5-7-14/h13-16H,3-12H2,1-2H3. The number of hydrogen-bond donors (Lipinski definition) is 1. The smallest absolute Gasteiger partial charge is 0.00937 e. The maximum Gasteiger partial charge on any atom is 0.00937 e. The maximum atomic E-state index is 3.68. The Kier molecular flexibility index (Phi) is 5.30. The van der Waals surface area contributed by atoms with Crippen LogP contribution in [0.25, 0.3) is 0 Å². The molecule has 1 N–H and O–H groups in total. The van der Waals surface area contributed by atoms with Gasteiger partial charge in [0.15, 0.2) is 0 Å². The van der Waals surface area contributed by atoms with E-state index in [0.29, 0.717) is 6.04 Å². The summed E-state index contributed by atoms with van der Waals surface area (Å²) in [6.45, 7) is 8.54. The van der Waals surface area contributed by atoms with Gasteiger partial charge in [-0.3, -0.25) is 0 Å². The molecule has 1 aliphatic heterocycles. The van der Waals surface area contributed by atoms with Crippen molar-refractivity contribution in [2.75, 3.05) is 19.6 Å². The van der Waals surface area contributed by atoms with E-state index in [1.807, 2.05) is 0 Å². The zero-order valence-electron chi connectivity index (χ0n) is 11.8. The second-order valence-electron chi connectivity index (χ2n) is 6.40. The van der Waals surface area contributed by atoms with Crippen molar-refractivity contribution in [1.82, 2.24) is 10.2 Å². The lowest BCUT2D eigenvalue weighted by molar-refractivity contribution is 0.153. The lowest BCUT2D eigenvalue weighted by Crippen LogP contribution is -2.46. The minimum absolute atomic E-state index is 0.643. The van der Waals surface area contributed by atoms with Gasteiger partial charge in [-0.05, 0) is 44.7 Å². The van der Waals surface area contributed by atoms with Gasteiger partial charge in [0.1, 0.15) is 0 Å². The van der Waals surface area contributed by atoms with E-state index in [1.54, 1.807) is 0 Å². The number of nitrogens with one attached hydrogen (secondary N) is 1. The van der Waals surface area contributed by atoms with Gasteiger partial charge >= 0.3 is 0 Å². The average Bonchev–Trinajstić information content (AvgIpc) is 2.32. The molecule has 2 aliphatic rings. The van der Waals surface area contributed by atoms with E-state index in [0.717, 1.165) is 12.0 Å². The summed E-state index contributed by atoms with van der Waals surface area (Å²) in [6, 6.07) is 1.42. The monoisotopic (exact) mass is 238 g/mol. The van der Waals surface area contributed by atoms with Crippen LogP contribution in [0, 0.1) is 5.92 Å². The first-order valence-electron chi connectivity index (χ1n) is 7.72. The number of likely N-dealkylation sites (tertiary alicyclic amines) is 1. The SMILES string of the molecule is CC(C)NC1CCN(CC2CCCCC2)CC1. The van der Waals surface area contributed by atoms with Crippen LogP contribution in [-0.4, -0.2) is 36.6 Å². The zero-order chi connectivity index (χ0) is 12.1. The van der Waals surface area contributed by atoms with E-state index >= 15 is 0 Å². The predicted octanol–water partition coefficient (Wildman–Crippen LogP) is 3.03. The van der Waals surface area contributed by atoms with Gasteiger partial charge in [-0.2, -0.15) is 0 Å².